The minimum Gasteiger partial charge on any atom is -1.00 e. The number of hydrogen-bond acceptors (Lipinski definition) is 0. The Bertz CT molecular complexity index is 286. The zero-order chi connectivity index (χ0) is 9.31. The molecule has 0 N–H and O–H groups in total. The topological polar surface area (TPSA) is 0 Å². The Hall–Kier alpha value is -0.0900. The van der Waals surface area contributed by atoms with Gasteiger partial charge in [0, 0.05) is 12.8 Å². The number of likely N-dealkylation sites (tertiary alicyclic amines) is 1. The first-order valence-corrected chi connectivity index (χ1v) is 5.14. The fourth-order valence-electron chi connectivity index (χ4n) is 2.37. The highest BCUT2D eigenvalue weighted by atomic mass is 127. The molecule has 0 saturated carbocycles. The van der Waals surface area contributed by atoms with Crippen LogP contribution in [0, 0.1) is 0 Å². The van der Waals surface area contributed by atoms with E-state index >= 15 is 0 Å². The molecule has 0 amide bonds. The van der Waals surface area contributed by atoms with Crippen LogP contribution in [0.3, 0.4) is 0 Å². The Morgan fingerprint density at radius 1 is 1.21 bits per heavy atom. The van der Waals surface area contributed by atoms with Crippen molar-refractivity contribution >= 4 is 5.69 Å². The molecule has 1 aliphatic rings. The highest BCUT2D eigenvalue weighted by Crippen LogP contribution is 2.31. The van der Waals surface area contributed by atoms with Crippen molar-refractivity contribution in [2.45, 2.75) is 25.8 Å². The van der Waals surface area contributed by atoms with Crippen molar-refractivity contribution in [2.24, 2.45) is 0 Å². The normalized spacial score (nSPS) is 31.1. The molecule has 0 aliphatic carbocycles. The Labute approximate surface area is 104 Å². The highest BCUT2D eigenvalue weighted by Gasteiger charge is 2.36. The maximum atomic E-state index is 2.36. The zero-order valence-electron chi connectivity index (χ0n) is 8.91. The molecule has 0 aromatic heterocycles. The molecule has 1 aromatic carbocycles. The second kappa shape index (κ2) is 4.62. The van der Waals surface area contributed by atoms with E-state index < -0.39 is 0 Å². The molecule has 2 unspecified atom stereocenters. The van der Waals surface area contributed by atoms with Gasteiger partial charge in [0.15, 0.2) is 0 Å². The largest absolute Gasteiger partial charge is 1.00 e. The van der Waals surface area contributed by atoms with Crippen LogP contribution in [0.5, 0.6) is 0 Å². The van der Waals surface area contributed by atoms with Gasteiger partial charge in [0.05, 0.1) is 19.6 Å². The summed E-state index contributed by atoms with van der Waals surface area (Å²) >= 11 is 0. The third-order valence-electron chi connectivity index (χ3n) is 3.56. The van der Waals surface area contributed by atoms with E-state index in [-0.39, 0.29) is 24.0 Å². The number of para-hydroxylation sites is 1. The second-order valence-corrected chi connectivity index (χ2v) is 4.32. The minimum absolute atomic E-state index is 0. The van der Waals surface area contributed by atoms with Crippen LogP contribution in [0.4, 0.5) is 5.69 Å². The lowest BCUT2D eigenvalue weighted by Crippen LogP contribution is -3.00. The molecule has 1 saturated heterocycles. The van der Waals surface area contributed by atoms with Crippen molar-refractivity contribution in [3.05, 3.63) is 30.3 Å². The van der Waals surface area contributed by atoms with E-state index in [0.717, 1.165) is 10.5 Å². The van der Waals surface area contributed by atoms with E-state index in [1.54, 1.807) is 0 Å². The van der Waals surface area contributed by atoms with Crippen molar-refractivity contribution in [3.63, 3.8) is 0 Å². The molecule has 2 rings (SSSR count). The first-order chi connectivity index (χ1) is 6.23. The molecule has 78 valence electrons. The summed E-state index contributed by atoms with van der Waals surface area (Å²) in [5.41, 5.74) is 1.47. The van der Waals surface area contributed by atoms with Gasteiger partial charge in [-0.15, -0.1) is 0 Å². The summed E-state index contributed by atoms with van der Waals surface area (Å²) in [7, 11) is 2.35. The molecule has 0 bridgehead atoms. The molecule has 0 spiro atoms. The van der Waals surface area contributed by atoms with Gasteiger partial charge < -0.3 is 24.0 Å². The summed E-state index contributed by atoms with van der Waals surface area (Å²) in [4.78, 5) is 0. The van der Waals surface area contributed by atoms with Crippen LogP contribution >= 0.6 is 0 Å². The van der Waals surface area contributed by atoms with Crippen molar-refractivity contribution in [1.29, 1.82) is 0 Å². The maximum absolute atomic E-state index is 2.36. The molecule has 14 heavy (non-hydrogen) atoms. The maximum Gasteiger partial charge on any atom is 0.132 e. The van der Waals surface area contributed by atoms with Gasteiger partial charge in [-0.3, -0.25) is 4.48 Å². The Balaban J connectivity index is 0.000000980. The number of rotatable bonds is 1. The molecule has 1 aromatic rings. The fraction of sp³-hybridized carbons (Fsp3) is 0.500. The van der Waals surface area contributed by atoms with Crippen LogP contribution in [0.15, 0.2) is 30.3 Å². The number of halogens is 1. The summed E-state index contributed by atoms with van der Waals surface area (Å²) in [6.45, 7) is 3.66. The number of hydrogen-bond donors (Lipinski definition) is 0. The van der Waals surface area contributed by atoms with Crippen molar-refractivity contribution in [2.75, 3.05) is 13.6 Å². The number of quaternary nitrogens is 1. The molecule has 1 aliphatic heterocycles. The fourth-order valence-corrected chi connectivity index (χ4v) is 2.37. The van der Waals surface area contributed by atoms with Crippen molar-refractivity contribution in [1.82, 2.24) is 4.48 Å². The average molecular weight is 303 g/mol. The zero-order valence-corrected chi connectivity index (χ0v) is 11.1. The lowest BCUT2D eigenvalue weighted by atomic mass is 10.2. The molecule has 1 fully saturated rings. The van der Waals surface area contributed by atoms with Gasteiger partial charge in [-0.05, 0) is 19.1 Å². The van der Waals surface area contributed by atoms with E-state index in [0.29, 0.717) is 0 Å². The monoisotopic (exact) mass is 303 g/mol. The van der Waals surface area contributed by atoms with Crippen molar-refractivity contribution in [3.8, 4) is 0 Å². The van der Waals surface area contributed by atoms with Gasteiger partial charge in [-0.1, -0.05) is 18.2 Å². The van der Waals surface area contributed by atoms with Crippen LogP contribution in [0.1, 0.15) is 19.8 Å². The molecule has 2 atom stereocenters. The summed E-state index contributed by atoms with van der Waals surface area (Å²) in [5.74, 6) is 0. The van der Waals surface area contributed by atoms with Crippen LogP contribution in [0.25, 0.3) is 0 Å². The number of benzene rings is 1. The van der Waals surface area contributed by atoms with E-state index in [9.17, 15) is 0 Å². The summed E-state index contributed by atoms with van der Waals surface area (Å²) in [6.07, 6.45) is 2.73. The second-order valence-electron chi connectivity index (χ2n) is 4.32. The predicted octanol–water partition coefficient (Wildman–Crippen LogP) is -0.190. The van der Waals surface area contributed by atoms with Gasteiger partial charge >= 0.3 is 0 Å². The average Bonchev–Trinajstić information content (AvgIpc) is 2.50. The van der Waals surface area contributed by atoms with Crippen molar-refractivity contribution < 1.29 is 24.0 Å². The van der Waals surface area contributed by atoms with E-state index in [1.165, 1.54) is 25.1 Å². The highest BCUT2D eigenvalue weighted by molar-refractivity contribution is 5.43. The molecule has 1 heterocycles. The smallest absolute Gasteiger partial charge is 0.132 e. The van der Waals surface area contributed by atoms with E-state index in [1.807, 2.05) is 0 Å². The van der Waals surface area contributed by atoms with Gasteiger partial charge in [-0.2, -0.15) is 0 Å². The molecular weight excluding hydrogens is 285 g/mol. The van der Waals surface area contributed by atoms with Gasteiger partial charge in [0.25, 0.3) is 0 Å². The number of nitrogens with zero attached hydrogens (tertiary/aromatic N) is 1. The predicted molar refractivity (Wildman–Crippen MR) is 57.7 cm³/mol. The van der Waals surface area contributed by atoms with Gasteiger partial charge in [0.2, 0.25) is 0 Å². The molecular formula is C12H18IN. The summed E-state index contributed by atoms with van der Waals surface area (Å²) in [6, 6.07) is 11.7. The SMILES string of the molecule is CC1CCC[N+]1(C)c1ccccc1.[I-]. The standard InChI is InChI=1S/C12H18N.HI/c1-11-7-6-10-13(11,2)12-8-4-3-5-9-12;/h3-5,8-9,11H,6-7,10H2,1-2H3;1H/q+1;/p-1. The Kier molecular flexibility index (Phi) is 3.95. The third-order valence-corrected chi connectivity index (χ3v) is 3.56. The Morgan fingerprint density at radius 2 is 1.86 bits per heavy atom. The first kappa shape index (κ1) is 12.0. The summed E-state index contributed by atoms with van der Waals surface area (Å²) in [5, 5.41) is 0. The Morgan fingerprint density at radius 3 is 2.36 bits per heavy atom. The van der Waals surface area contributed by atoms with E-state index in [2.05, 4.69) is 44.3 Å². The summed E-state index contributed by atoms with van der Waals surface area (Å²) < 4.78 is 1.13. The molecule has 0 radical (unpaired) electrons. The first-order valence-electron chi connectivity index (χ1n) is 5.14. The van der Waals surface area contributed by atoms with Gasteiger partial charge in [0.1, 0.15) is 5.69 Å². The van der Waals surface area contributed by atoms with E-state index in [4.69, 9.17) is 0 Å². The quantitative estimate of drug-likeness (QED) is 0.498. The lowest BCUT2D eigenvalue weighted by Gasteiger charge is -2.33. The molecule has 2 heteroatoms. The van der Waals surface area contributed by atoms with Crippen LogP contribution < -0.4 is 28.5 Å². The van der Waals surface area contributed by atoms with Gasteiger partial charge in [-0.25, -0.2) is 0 Å². The van der Waals surface area contributed by atoms with Crippen LogP contribution in [0.2, 0.25) is 0 Å². The third kappa shape index (κ3) is 1.96. The lowest BCUT2D eigenvalue weighted by molar-refractivity contribution is -0.00000277. The minimum atomic E-state index is 0. The van der Waals surface area contributed by atoms with Crippen LogP contribution in [-0.4, -0.2) is 19.6 Å². The van der Waals surface area contributed by atoms with Crippen LogP contribution in [-0.2, 0) is 0 Å². The molecule has 1 nitrogen and oxygen atoms in total.